The molecule has 1 atom stereocenters. The molecule has 1 aliphatic carbocycles. The molecule has 1 aliphatic rings. The van der Waals surface area contributed by atoms with Crippen molar-refractivity contribution >= 4 is 22.6 Å². The van der Waals surface area contributed by atoms with Crippen LogP contribution in [0.2, 0.25) is 0 Å². The van der Waals surface area contributed by atoms with Gasteiger partial charge in [0.1, 0.15) is 5.82 Å². The molecule has 1 fully saturated rings. The summed E-state index contributed by atoms with van der Waals surface area (Å²) in [5, 5.41) is 4.11. The van der Waals surface area contributed by atoms with E-state index in [0.717, 1.165) is 10.9 Å². The first-order valence-corrected chi connectivity index (χ1v) is 6.85. The lowest BCUT2D eigenvalue weighted by Gasteiger charge is -2.17. The third-order valence-electron chi connectivity index (χ3n) is 3.76. The van der Waals surface area contributed by atoms with Crippen LogP contribution < -0.4 is 16.8 Å². The number of hydrogen-bond acceptors (Lipinski definition) is 4. The maximum absolute atomic E-state index is 11.6. The van der Waals surface area contributed by atoms with E-state index in [1.54, 1.807) is 6.07 Å². The van der Waals surface area contributed by atoms with Crippen molar-refractivity contribution in [2.24, 2.45) is 17.4 Å². The summed E-state index contributed by atoms with van der Waals surface area (Å²) >= 11 is 0. The molecule has 1 amide bonds. The van der Waals surface area contributed by atoms with Crippen molar-refractivity contribution in [2.75, 3.05) is 11.9 Å². The summed E-state index contributed by atoms with van der Waals surface area (Å²) in [6.07, 6.45) is 2.40. The highest BCUT2D eigenvalue weighted by Crippen LogP contribution is 2.34. The van der Waals surface area contributed by atoms with Gasteiger partial charge in [-0.05, 0) is 30.9 Å². The second-order valence-corrected chi connectivity index (χ2v) is 5.26. The van der Waals surface area contributed by atoms with Gasteiger partial charge in [0, 0.05) is 18.0 Å². The Morgan fingerprint density at radius 1 is 1.40 bits per heavy atom. The van der Waals surface area contributed by atoms with Gasteiger partial charge in [0.25, 0.3) is 0 Å². The van der Waals surface area contributed by atoms with Crippen LogP contribution in [-0.2, 0) is 0 Å². The predicted octanol–water partition coefficient (Wildman–Crippen LogP) is 1.48. The fourth-order valence-electron chi connectivity index (χ4n) is 2.51. The molecule has 0 radical (unpaired) electrons. The number of carbonyl (C=O) groups excluding carboxylic acids is 1. The molecule has 5 nitrogen and oxygen atoms in total. The van der Waals surface area contributed by atoms with Crippen LogP contribution in [0, 0.1) is 5.92 Å². The molecule has 2 aromatic rings. The van der Waals surface area contributed by atoms with Gasteiger partial charge in [-0.25, -0.2) is 4.98 Å². The van der Waals surface area contributed by atoms with E-state index in [4.69, 9.17) is 11.5 Å². The number of primary amides is 1. The smallest absolute Gasteiger partial charge is 0.249 e. The van der Waals surface area contributed by atoms with Crippen molar-refractivity contribution in [3.63, 3.8) is 0 Å². The van der Waals surface area contributed by atoms with Gasteiger partial charge >= 0.3 is 0 Å². The van der Waals surface area contributed by atoms with Crippen molar-refractivity contribution in [3.8, 4) is 0 Å². The van der Waals surface area contributed by atoms with Crippen molar-refractivity contribution in [1.29, 1.82) is 0 Å². The van der Waals surface area contributed by atoms with Gasteiger partial charge in [-0.3, -0.25) is 4.79 Å². The van der Waals surface area contributed by atoms with Gasteiger partial charge in [0.2, 0.25) is 5.91 Å². The summed E-state index contributed by atoms with van der Waals surface area (Å²) in [5.74, 6) is 0.840. The largest absolute Gasteiger partial charge is 0.366 e. The molecule has 5 N–H and O–H groups in total. The van der Waals surface area contributed by atoms with Crippen molar-refractivity contribution in [3.05, 3.63) is 35.9 Å². The van der Waals surface area contributed by atoms with Crippen molar-refractivity contribution in [2.45, 2.75) is 18.9 Å². The van der Waals surface area contributed by atoms with E-state index < -0.39 is 5.91 Å². The summed E-state index contributed by atoms with van der Waals surface area (Å²) in [6.45, 7) is 0.561. The molecule has 1 heterocycles. The monoisotopic (exact) mass is 270 g/mol. The minimum atomic E-state index is -0.442. The number of carbonyl (C=O) groups is 1. The van der Waals surface area contributed by atoms with Crippen LogP contribution >= 0.6 is 0 Å². The van der Waals surface area contributed by atoms with E-state index in [-0.39, 0.29) is 6.04 Å². The number of nitrogens with two attached hydrogens (primary N) is 2. The van der Waals surface area contributed by atoms with Gasteiger partial charge < -0.3 is 16.8 Å². The quantitative estimate of drug-likeness (QED) is 0.767. The molecule has 1 aromatic heterocycles. The normalized spacial score (nSPS) is 16.1. The number of benzene rings is 1. The number of hydrogen-bond donors (Lipinski definition) is 3. The Kier molecular flexibility index (Phi) is 3.28. The lowest BCUT2D eigenvalue weighted by atomic mass is 10.1. The molecule has 3 rings (SSSR count). The zero-order valence-electron chi connectivity index (χ0n) is 11.2. The number of fused-ring (bicyclic) bond motifs is 1. The Bertz CT molecular complexity index is 651. The van der Waals surface area contributed by atoms with Crippen LogP contribution in [0.15, 0.2) is 30.3 Å². The first-order chi connectivity index (χ1) is 9.69. The summed E-state index contributed by atoms with van der Waals surface area (Å²) in [6, 6.07) is 9.43. The third-order valence-corrected chi connectivity index (χ3v) is 3.76. The molecule has 0 aliphatic heterocycles. The van der Waals surface area contributed by atoms with E-state index in [9.17, 15) is 4.79 Å². The highest BCUT2D eigenvalue weighted by atomic mass is 16.1. The first-order valence-electron chi connectivity index (χ1n) is 6.85. The molecule has 104 valence electrons. The number of aromatic nitrogens is 1. The topological polar surface area (TPSA) is 94.0 Å². The molecule has 20 heavy (non-hydrogen) atoms. The van der Waals surface area contributed by atoms with E-state index in [1.165, 1.54) is 12.8 Å². The predicted molar refractivity (Wildman–Crippen MR) is 79.5 cm³/mol. The van der Waals surface area contributed by atoms with Crippen molar-refractivity contribution < 1.29 is 4.79 Å². The van der Waals surface area contributed by atoms with E-state index in [1.807, 2.05) is 24.3 Å². The Balaban J connectivity index is 2.00. The van der Waals surface area contributed by atoms with Gasteiger partial charge in [-0.1, -0.05) is 18.2 Å². The molecule has 1 saturated carbocycles. The van der Waals surface area contributed by atoms with Gasteiger partial charge in [-0.15, -0.1) is 0 Å². The molecular weight excluding hydrogens is 252 g/mol. The number of pyridine rings is 1. The standard InChI is InChI=1S/C15H18N4O/c16-8-13(9-5-6-9)19-14-7-11(15(17)20)10-3-1-2-4-12(10)18-14/h1-4,7,9,13H,5-6,8,16H2,(H2,17,20)(H,18,19). The van der Waals surface area contributed by atoms with E-state index in [2.05, 4.69) is 10.3 Å². The Morgan fingerprint density at radius 2 is 2.15 bits per heavy atom. The maximum atomic E-state index is 11.6. The van der Waals surface area contributed by atoms with Crippen LogP contribution in [0.5, 0.6) is 0 Å². The Morgan fingerprint density at radius 3 is 2.80 bits per heavy atom. The molecule has 0 saturated heterocycles. The van der Waals surface area contributed by atoms with Crippen LogP contribution in [-0.4, -0.2) is 23.5 Å². The Hall–Kier alpha value is -2.14. The lowest BCUT2D eigenvalue weighted by Crippen LogP contribution is -2.31. The number of amides is 1. The molecular formula is C15H18N4O. The zero-order valence-corrected chi connectivity index (χ0v) is 11.2. The second-order valence-electron chi connectivity index (χ2n) is 5.26. The van der Waals surface area contributed by atoms with E-state index >= 15 is 0 Å². The van der Waals surface area contributed by atoms with Crippen LogP contribution in [0.1, 0.15) is 23.2 Å². The summed E-state index contributed by atoms with van der Waals surface area (Å²) < 4.78 is 0. The number of anilines is 1. The highest BCUT2D eigenvalue weighted by molar-refractivity contribution is 6.06. The minimum absolute atomic E-state index is 0.212. The third kappa shape index (κ3) is 2.44. The van der Waals surface area contributed by atoms with Gasteiger partial charge in [0.15, 0.2) is 0 Å². The Labute approximate surface area is 117 Å². The number of para-hydroxylation sites is 1. The van der Waals surface area contributed by atoms with E-state index in [0.29, 0.717) is 23.8 Å². The average Bonchev–Trinajstić information content (AvgIpc) is 3.28. The van der Waals surface area contributed by atoms with Gasteiger partial charge in [-0.2, -0.15) is 0 Å². The second kappa shape index (κ2) is 5.09. The molecule has 1 aromatic carbocycles. The maximum Gasteiger partial charge on any atom is 0.249 e. The fourth-order valence-corrected chi connectivity index (χ4v) is 2.51. The fraction of sp³-hybridized carbons (Fsp3) is 0.333. The molecule has 0 bridgehead atoms. The van der Waals surface area contributed by atoms with Gasteiger partial charge in [0.05, 0.1) is 11.1 Å². The summed E-state index contributed by atoms with van der Waals surface area (Å²) in [5.41, 5.74) is 12.5. The van der Waals surface area contributed by atoms with Crippen LogP contribution in [0.3, 0.4) is 0 Å². The molecule has 0 spiro atoms. The number of nitrogens with one attached hydrogen (secondary N) is 1. The highest BCUT2D eigenvalue weighted by Gasteiger charge is 2.30. The molecule has 5 heteroatoms. The number of nitrogens with zero attached hydrogens (tertiary/aromatic N) is 1. The first kappa shape index (κ1) is 12.9. The van der Waals surface area contributed by atoms with Crippen LogP contribution in [0.25, 0.3) is 10.9 Å². The van der Waals surface area contributed by atoms with Crippen LogP contribution in [0.4, 0.5) is 5.82 Å². The zero-order chi connectivity index (χ0) is 14.1. The van der Waals surface area contributed by atoms with Crippen molar-refractivity contribution in [1.82, 2.24) is 4.98 Å². The average molecular weight is 270 g/mol. The summed E-state index contributed by atoms with van der Waals surface area (Å²) in [4.78, 5) is 16.2. The molecule has 1 unspecified atom stereocenters. The minimum Gasteiger partial charge on any atom is -0.366 e. The number of rotatable bonds is 5. The lowest BCUT2D eigenvalue weighted by molar-refractivity contribution is 0.100. The SMILES string of the molecule is NCC(Nc1cc(C(N)=O)c2ccccc2n1)C1CC1. The summed E-state index contributed by atoms with van der Waals surface area (Å²) in [7, 11) is 0.